The number of benzene rings is 3. The molecule has 1 aliphatic carbocycles. The number of thiol groups is 1. The number of fused-ring (bicyclic) bond motifs is 3. The van der Waals surface area contributed by atoms with E-state index in [-0.39, 0.29) is 17.8 Å². The number of phosphoric acid groups is 1. The van der Waals surface area contributed by atoms with Crippen LogP contribution < -0.4 is 14.0 Å². The Balaban J connectivity index is 1.22. The van der Waals surface area contributed by atoms with Gasteiger partial charge in [-0.3, -0.25) is 9.79 Å². The predicted octanol–water partition coefficient (Wildman–Crippen LogP) is 7.89. The highest BCUT2D eigenvalue weighted by Gasteiger charge is 2.44. The molecule has 0 radical (unpaired) electrons. The third-order valence-corrected chi connectivity index (χ3v) is 8.92. The molecule has 0 unspecified atom stereocenters. The average molecular weight is 617 g/mol. The van der Waals surface area contributed by atoms with E-state index in [1.165, 1.54) is 40.2 Å². The zero-order valence-corrected chi connectivity index (χ0v) is 26.2. The first-order valence-electron chi connectivity index (χ1n) is 14.4. The Hall–Kier alpha value is -3.55. The maximum atomic E-state index is 11.0. The molecule has 2 aliphatic heterocycles. The van der Waals surface area contributed by atoms with E-state index in [2.05, 4.69) is 78.9 Å². The lowest BCUT2D eigenvalue weighted by molar-refractivity contribution is -0.433. The Kier molecular flexibility index (Phi) is 7.90. The molecule has 6 rings (SSSR count). The van der Waals surface area contributed by atoms with E-state index in [9.17, 15) is 4.57 Å². The van der Waals surface area contributed by atoms with E-state index < -0.39 is 7.82 Å². The first kappa shape index (κ1) is 29.5. The van der Waals surface area contributed by atoms with E-state index in [4.69, 9.17) is 19.3 Å². The van der Waals surface area contributed by atoms with Crippen LogP contribution in [-0.4, -0.2) is 26.6 Å². The topological polar surface area (TPSA) is 88.2 Å². The van der Waals surface area contributed by atoms with Crippen LogP contribution >= 0.6 is 20.5 Å². The summed E-state index contributed by atoms with van der Waals surface area (Å²) in [6.07, 6.45) is 9.73. The van der Waals surface area contributed by atoms with Crippen LogP contribution in [0.2, 0.25) is 0 Å². The van der Waals surface area contributed by atoms with Crippen molar-refractivity contribution >= 4 is 37.9 Å². The highest BCUT2D eigenvalue weighted by Crippen LogP contribution is 2.43. The van der Waals surface area contributed by atoms with Crippen LogP contribution in [0.15, 0.2) is 94.6 Å². The second-order valence-corrected chi connectivity index (χ2v) is 13.2. The van der Waals surface area contributed by atoms with Gasteiger partial charge in [-0.1, -0.05) is 12.1 Å². The van der Waals surface area contributed by atoms with Gasteiger partial charge in [0.25, 0.3) is 0 Å². The highest BCUT2D eigenvalue weighted by molar-refractivity contribution is 7.80. The van der Waals surface area contributed by atoms with E-state index >= 15 is 0 Å². The van der Waals surface area contributed by atoms with Crippen molar-refractivity contribution in [3.63, 3.8) is 0 Å². The van der Waals surface area contributed by atoms with Crippen molar-refractivity contribution in [2.24, 2.45) is 0 Å². The van der Waals surface area contributed by atoms with Crippen LogP contribution in [0, 0.1) is 0 Å². The molecular formula is C34H35NO6PS+. The Labute approximate surface area is 257 Å². The smallest absolute Gasteiger partial charge is 0.489 e. The molecule has 2 heterocycles. The fourth-order valence-corrected chi connectivity index (χ4v) is 6.67. The maximum Gasteiger partial charge on any atom is 0.524 e. The second kappa shape index (κ2) is 11.5. The van der Waals surface area contributed by atoms with Gasteiger partial charge < -0.3 is 14.0 Å². The molecular weight excluding hydrogens is 581 g/mol. The van der Waals surface area contributed by atoms with Crippen molar-refractivity contribution < 1.29 is 32.9 Å². The molecule has 43 heavy (non-hydrogen) atoms. The summed E-state index contributed by atoms with van der Waals surface area (Å²) in [6, 6.07) is 18.7. The summed E-state index contributed by atoms with van der Waals surface area (Å²) in [5.41, 5.74) is 7.93. The molecule has 0 aromatic heterocycles. The molecule has 0 atom stereocenters. The molecule has 0 saturated carbocycles. The summed E-state index contributed by atoms with van der Waals surface area (Å²) in [6.45, 7) is 7.91. The number of ether oxygens (including phenoxy) is 2. The standard InChI is InChI=1S/C34H34NO6PS/c1-4-35-30-16-15-28(43)20-29(30)34(2,3)32(35)17-11-23-6-5-7-25-18-24-10-14-27(19-31(24)40-33(23)25)39-21-22-8-12-26(13-9-22)41-42(36,37)38/h8-20H,4-7,21H2,1-3H3,(H2-,36,37,38,43)/p+1/b17-11+. The summed E-state index contributed by atoms with van der Waals surface area (Å²) in [5.74, 6) is 2.46. The Morgan fingerprint density at radius 1 is 1.02 bits per heavy atom. The van der Waals surface area contributed by atoms with Crippen molar-refractivity contribution in [2.75, 3.05) is 6.54 Å². The number of hydrogen-bond acceptors (Lipinski definition) is 5. The second-order valence-electron chi connectivity index (χ2n) is 11.5. The van der Waals surface area contributed by atoms with Crippen LogP contribution in [0.5, 0.6) is 17.2 Å². The summed E-state index contributed by atoms with van der Waals surface area (Å²) in [5, 5.41) is 0. The summed E-state index contributed by atoms with van der Waals surface area (Å²) < 4.78 is 30.6. The lowest BCUT2D eigenvalue weighted by atomic mass is 9.81. The zero-order valence-electron chi connectivity index (χ0n) is 24.4. The fourth-order valence-electron chi connectivity index (χ4n) is 6.07. The van der Waals surface area contributed by atoms with Crippen LogP contribution in [0.4, 0.5) is 5.69 Å². The summed E-state index contributed by atoms with van der Waals surface area (Å²) >= 11 is 4.60. The third kappa shape index (κ3) is 6.11. The number of rotatable bonds is 8. The van der Waals surface area contributed by atoms with Gasteiger partial charge in [-0.25, -0.2) is 4.57 Å². The maximum absolute atomic E-state index is 11.0. The molecule has 0 saturated heterocycles. The van der Waals surface area contributed by atoms with Gasteiger partial charge in [-0.15, -0.1) is 12.6 Å². The summed E-state index contributed by atoms with van der Waals surface area (Å²) in [4.78, 5) is 18.9. The molecule has 0 spiro atoms. The van der Waals surface area contributed by atoms with E-state index in [1.54, 1.807) is 12.1 Å². The first-order chi connectivity index (χ1) is 20.5. The van der Waals surface area contributed by atoms with Gasteiger partial charge >= 0.3 is 7.82 Å². The Morgan fingerprint density at radius 3 is 2.53 bits per heavy atom. The van der Waals surface area contributed by atoms with E-state index in [1.807, 2.05) is 18.2 Å². The SMILES string of the molecule is CC[N+]1=C(/C=C/C2=C3Oc4cc(OCc5ccc(OP(=O)(O)O)cc5)ccc4C=C3CCC2)C(C)(C)c2cc(S)ccc21. The van der Waals surface area contributed by atoms with Crippen LogP contribution in [0.3, 0.4) is 0 Å². The molecule has 0 amide bonds. The van der Waals surface area contributed by atoms with Gasteiger partial charge in [0, 0.05) is 34.2 Å². The van der Waals surface area contributed by atoms with Crippen LogP contribution in [0.25, 0.3) is 6.08 Å². The van der Waals surface area contributed by atoms with Crippen molar-refractivity contribution in [1.82, 2.24) is 0 Å². The van der Waals surface area contributed by atoms with E-state index in [0.29, 0.717) is 5.75 Å². The minimum Gasteiger partial charge on any atom is -0.489 e. The van der Waals surface area contributed by atoms with Gasteiger partial charge in [0.15, 0.2) is 5.71 Å². The molecule has 9 heteroatoms. The van der Waals surface area contributed by atoms with Crippen LogP contribution in [0.1, 0.15) is 56.7 Å². The first-order valence-corrected chi connectivity index (χ1v) is 16.4. The van der Waals surface area contributed by atoms with Crippen molar-refractivity contribution in [1.29, 1.82) is 0 Å². The molecule has 3 aliphatic rings. The predicted molar refractivity (Wildman–Crippen MR) is 171 cm³/mol. The van der Waals surface area contributed by atoms with Gasteiger partial charge in [-0.2, -0.15) is 4.58 Å². The fraction of sp³-hybridized carbons (Fsp3) is 0.265. The Morgan fingerprint density at radius 2 is 1.79 bits per heavy atom. The summed E-state index contributed by atoms with van der Waals surface area (Å²) in [7, 11) is -4.59. The van der Waals surface area contributed by atoms with Crippen LogP contribution in [-0.2, 0) is 16.6 Å². The molecule has 2 N–H and O–H groups in total. The Bertz CT molecular complexity index is 1760. The zero-order chi connectivity index (χ0) is 30.4. The minimum atomic E-state index is -4.59. The van der Waals surface area contributed by atoms with Crippen molar-refractivity contribution in [3.8, 4) is 17.2 Å². The minimum absolute atomic E-state index is 0.0982. The number of phosphoric ester groups is 1. The molecule has 0 bridgehead atoms. The number of allylic oxidation sites excluding steroid dienone is 4. The monoisotopic (exact) mass is 616 g/mol. The quantitative estimate of drug-likeness (QED) is 0.136. The highest BCUT2D eigenvalue weighted by atomic mass is 32.1. The van der Waals surface area contributed by atoms with Gasteiger partial charge in [0.05, 0.1) is 5.41 Å². The van der Waals surface area contributed by atoms with E-state index in [0.717, 1.165) is 53.3 Å². The average Bonchev–Trinajstić information content (AvgIpc) is 3.18. The molecule has 7 nitrogen and oxygen atoms in total. The van der Waals surface area contributed by atoms with Gasteiger partial charge in [0.1, 0.15) is 36.2 Å². The normalized spacial score (nSPS) is 17.3. The molecule has 222 valence electrons. The molecule has 3 aromatic rings. The number of hydrogen-bond donors (Lipinski definition) is 3. The third-order valence-electron chi connectivity index (χ3n) is 8.19. The van der Waals surface area contributed by atoms with Crippen molar-refractivity contribution in [2.45, 2.75) is 57.0 Å². The molecule has 0 fully saturated rings. The van der Waals surface area contributed by atoms with Gasteiger partial charge in [0.2, 0.25) is 5.69 Å². The largest absolute Gasteiger partial charge is 0.524 e. The lowest BCUT2D eigenvalue weighted by Gasteiger charge is -2.27. The van der Waals surface area contributed by atoms with Crippen molar-refractivity contribution in [3.05, 3.63) is 106 Å². The molecule has 3 aromatic carbocycles. The van der Waals surface area contributed by atoms with Gasteiger partial charge in [-0.05, 0) is 105 Å². The lowest BCUT2D eigenvalue weighted by Crippen LogP contribution is -2.27. The number of nitrogens with zero attached hydrogens (tertiary/aromatic N) is 1.